The standard InChI is InChI=1S/C20H26O4/c1-18-8-3-9-19(2,17(22)23)14(18)6-10-20(12-21)15(18)5-4-13-7-11-24-16(13)20/h7,11-12,14-15H,3-6,8-10H2,1-2H3,(H,22,23). The van der Waals surface area contributed by atoms with Gasteiger partial charge < -0.3 is 14.3 Å². The monoisotopic (exact) mass is 330 g/mol. The van der Waals surface area contributed by atoms with Crippen molar-refractivity contribution in [2.45, 2.75) is 64.2 Å². The van der Waals surface area contributed by atoms with Gasteiger partial charge in [-0.05, 0) is 74.3 Å². The minimum Gasteiger partial charge on any atom is -0.481 e. The maximum atomic E-state index is 12.3. The normalized spacial score (nSPS) is 44.1. The highest BCUT2D eigenvalue weighted by molar-refractivity contribution is 5.76. The van der Waals surface area contributed by atoms with Crippen molar-refractivity contribution in [2.75, 3.05) is 0 Å². The summed E-state index contributed by atoms with van der Waals surface area (Å²) in [5, 5.41) is 9.90. The molecule has 2 saturated carbocycles. The lowest BCUT2D eigenvalue weighted by atomic mass is 9.41. The molecule has 24 heavy (non-hydrogen) atoms. The summed E-state index contributed by atoms with van der Waals surface area (Å²) in [6.07, 6.45) is 8.88. The van der Waals surface area contributed by atoms with E-state index in [1.54, 1.807) is 6.26 Å². The number of rotatable bonds is 2. The second-order valence-corrected chi connectivity index (χ2v) is 8.70. The highest BCUT2D eigenvalue weighted by Gasteiger charge is 2.64. The molecule has 3 aliphatic carbocycles. The first kappa shape index (κ1) is 15.9. The lowest BCUT2D eigenvalue weighted by Crippen LogP contribution is -2.60. The van der Waals surface area contributed by atoms with Crippen LogP contribution >= 0.6 is 0 Å². The highest BCUT2D eigenvalue weighted by Crippen LogP contribution is 2.66. The van der Waals surface area contributed by atoms with Crippen molar-refractivity contribution in [3.05, 3.63) is 23.7 Å². The van der Waals surface area contributed by atoms with Crippen LogP contribution in [-0.4, -0.2) is 17.4 Å². The fourth-order valence-electron chi connectivity index (χ4n) is 6.67. The molecule has 5 atom stereocenters. The van der Waals surface area contributed by atoms with Gasteiger partial charge in [-0.25, -0.2) is 0 Å². The van der Waals surface area contributed by atoms with Gasteiger partial charge in [0.25, 0.3) is 0 Å². The Bertz CT molecular complexity index is 692. The van der Waals surface area contributed by atoms with Crippen LogP contribution in [0.3, 0.4) is 0 Å². The van der Waals surface area contributed by atoms with E-state index in [9.17, 15) is 14.7 Å². The summed E-state index contributed by atoms with van der Waals surface area (Å²) in [7, 11) is 0. The number of carbonyl (C=O) groups is 2. The lowest BCUT2D eigenvalue weighted by Gasteiger charge is -2.62. The minimum atomic E-state index is -0.675. The summed E-state index contributed by atoms with van der Waals surface area (Å²) in [6, 6.07) is 1.99. The van der Waals surface area contributed by atoms with Crippen molar-refractivity contribution in [2.24, 2.45) is 22.7 Å². The van der Waals surface area contributed by atoms with E-state index in [1.807, 2.05) is 13.0 Å². The van der Waals surface area contributed by atoms with Gasteiger partial charge in [0.05, 0.1) is 17.1 Å². The molecular weight excluding hydrogens is 304 g/mol. The van der Waals surface area contributed by atoms with Crippen LogP contribution in [0.15, 0.2) is 16.7 Å². The molecule has 5 unspecified atom stereocenters. The molecular formula is C20H26O4. The molecule has 4 rings (SSSR count). The predicted octanol–water partition coefficient (Wildman–Crippen LogP) is 3.97. The van der Waals surface area contributed by atoms with Gasteiger partial charge in [-0.3, -0.25) is 4.79 Å². The first-order chi connectivity index (χ1) is 11.4. The molecule has 130 valence electrons. The topological polar surface area (TPSA) is 67.5 Å². The number of fused-ring (bicyclic) bond motifs is 5. The minimum absolute atomic E-state index is 0.116. The average molecular weight is 330 g/mol. The van der Waals surface area contributed by atoms with Gasteiger partial charge in [0, 0.05) is 0 Å². The maximum absolute atomic E-state index is 12.3. The van der Waals surface area contributed by atoms with Crippen LogP contribution in [0, 0.1) is 22.7 Å². The Balaban J connectivity index is 1.84. The number of carbonyl (C=O) groups excluding carboxylic acids is 1. The largest absolute Gasteiger partial charge is 0.481 e. The Labute approximate surface area is 142 Å². The Kier molecular flexibility index (Phi) is 3.29. The number of furan rings is 1. The number of carboxylic acids is 1. The molecule has 4 nitrogen and oxygen atoms in total. The fraction of sp³-hybridized carbons (Fsp3) is 0.700. The van der Waals surface area contributed by atoms with Gasteiger partial charge in [0.2, 0.25) is 0 Å². The van der Waals surface area contributed by atoms with E-state index in [0.29, 0.717) is 6.42 Å². The highest BCUT2D eigenvalue weighted by atomic mass is 16.4. The summed E-state index contributed by atoms with van der Waals surface area (Å²) >= 11 is 0. The second-order valence-electron chi connectivity index (χ2n) is 8.70. The zero-order valence-corrected chi connectivity index (χ0v) is 14.5. The van der Waals surface area contributed by atoms with Gasteiger partial charge in [-0.2, -0.15) is 0 Å². The van der Waals surface area contributed by atoms with Gasteiger partial charge in [-0.15, -0.1) is 0 Å². The van der Waals surface area contributed by atoms with Crippen molar-refractivity contribution in [1.82, 2.24) is 0 Å². The first-order valence-corrected chi connectivity index (χ1v) is 9.15. The van der Waals surface area contributed by atoms with Crippen LogP contribution in [0.4, 0.5) is 0 Å². The lowest BCUT2D eigenvalue weighted by molar-refractivity contribution is -0.173. The van der Waals surface area contributed by atoms with E-state index in [1.165, 1.54) is 0 Å². The van der Waals surface area contributed by atoms with E-state index in [0.717, 1.165) is 56.1 Å². The molecule has 0 aliphatic heterocycles. The summed E-state index contributed by atoms with van der Waals surface area (Å²) in [6.45, 7) is 4.17. The number of hydrogen-bond donors (Lipinski definition) is 1. The SMILES string of the molecule is CC1(C(=O)O)CCCC2(C)C1CCC1(C=O)c3occc3CCC12. The van der Waals surface area contributed by atoms with Crippen LogP contribution in [0.2, 0.25) is 0 Å². The third-order valence-electron chi connectivity index (χ3n) is 7.81. The molecule has 3 aliphatic rings. The number of hydrogen-bond acceptors (Lipinski definition) is 3. The van der Waals surface area contributed by atoms with Crippen LogP contribution in [0.25, 0.3) is 0 Å². The van der Waals surface area contributed by atoms with Crippen LogP contribution in [0.1, 0.15) is 63.7 Å². The molecule has 1 aromatic rings. The smallest absolute Gasteiger partial charge is 0.309 e. The van der Waals surface area contributed by atoms with Crippen molar-refractivity contribution >= 4 is 12.3 Å². The quantitative estimate of drug-likeness (QED) is 0.833. The summed E-state index contributed by atoms with van der Waals surface area (Å²) < 4.78 is 5.80. The van der Waals surface area contributed by atoms with E-state index in [2.05, 4.69) is 6.92 Å². The van der Waals surface area contributed by atoms with E-state index < -0.39 is 16.8 Å². The number of aliphatic carboxylic acids is 1. The summed E-state index contributed by atoms with van der Waals surface area (Å²) in [4.78, 5) is 24.4. The number of aryl methyl sites for hydroxylation is 1. The Morgan fingerprint density at radius 2 is 2.04 bits per heavy atom. The molecule has 0 radical (unpaired) electrons. The molecule has 1 heterocycles. The maximum Gasteiger partial charge on any atom is 0.309 e. The number of aldehydes is 1. The zero-order valence-electron chi connectivity index (χ0n) is 14.5. The summed E-state index contributed by atoms with van der Waals surface area (Å²) in [5.74, 6) is 0.493. The van der Waals surface area contributed by atoms with Crippen molar-refractivity contribution < 1.29 is 19.1 Å². The van der Waals surface area contributed by atoms with Gasteiger partial charge >= 0.3 is 5.97 Å². The van der Waals surface area contributed by atoms with Crippen molar-refractivity contribution in [3.8, 4) is 0 Å². The summed E-state index contributed by atoms with van der Waals surface area (Å²) in [5.41, 5.74) is -0.184. The van der Waals surface area contributed by atoms with Crippen LogP contribution in [0.5, 0.6) is 0 Å². The Hall–Kier alpha value is -1.58. The fourth-order valence-corrected chi connectivity index (χ4v) is 6.67. The average Bonchev–Trinajstić information content (AvgIpc) is 3.03. The van der Waals surface area contributed by atoms with E-state index in [-0.39, 0.29) is 17.3 Å². The van der Waals surface area contributed by atoms with Gasteiger partial charge in [-0.1, -0.05) is 13.3 Å². The first-order valence-electron chi connectivity index (χ1n) is 9.15. The van der Waals surface area contributed by atoms with Gasteiger partial charge in [0.1, 0.15) is 12.0 Å². The molecule has 0 saturated heterocycles. The molecule has 4 heteroatoms. The molecule has 1 N–H and O–H groups in total. The molecule has 0 bridgehead atoms. The Morgan fingerprint density at radius 1 is 1.25 bits per heavy atom. The number of carboxylic acid groups (broad SMARTS) is 1. The molecule has 2 fully saturated rings. The molecule has 0 aromatic carbocycles. The van der Waals surface area contributed by atoms with Crippen molar-refractivity contribution in [1.29, 1.82) is 0 Å². The second kappa shape index (κ2) is 4.96. The van der Waals surface area contributed by atoms with Crippen LogP contribution < -0.4 is 0 Å². The van der Waals surface area contributed by atoms with Crippen LogP contribution in [-0.2, 0) is 21.4 Å². The van der Waals surface area contributed by atoms with E-state index >= 15 is 0 Å². The molecule has 0 amide bonds. The molecule has 1 aromatic heterocycles. The Morgan fingerprint density at radius 3 is 2.75 bits per heavy atom. The predicted molar refractivity (Wildman–Crippen MR) is 88.7 cm³/mol. The van der Waals surface area contributed by atoms with Gasteiger partial charge in [0.15, 0.2) is 0 Å². The van der Waals surface area contributed by atoms with Crippen molar-refractivity contribution in [3.63, 3.8) is 0 Å². The third-order valence-corrected chi connectivity index (χ3v) is 7.81. The molecule has 0 spiro atoms. The van der Waals surface area contributed by atoms with E-state index in [4.69, 9.17) is 4.42 Å². The third kappa shape index (κ3) is 1.75. The zero-order chi connectivity index (χ0) is 17.2.